The average Bonchev–Trinajstić information content (AvgIpc) is 3.12. The highest BCUT2D eigenvalue weighted by Gasteiger charge is 2.29. The molecule has 0 bridgehead atoms. The van der Waals surface area contributed by atoms with Gasteiger partial charge in [-0.2, -0.15) is 5.10 Å². The number of benzene rings is 1. The molecule has 7 heteroatoms. The number of aromatic nitrogens is 3. The van der Waals surface area contributed by atoms with E-state index in [1.54, 1.807) is 4.90 Å². The van der Waals surface area contributed by atoms with Crippen LogP contribution in [-0.4, -0.2) is 44.8 Å². The van der Waals surface area contributed by atoms with Gasteiger partial charge in [-0.3, -0.25) is 9.59 Å². The molecule has 1 unspecified atom stereocenters. The molecule has 1 amide bonds. The van der Waals surface area contributed by atoms with Crippen molar-refractivity contribution < 1.29 is 9.53 Å². The number of aryl methyl sites for hydroxylation is 1. The van der Waals surface area contributed by atoms with Crippen molar-refractivity contribution in [3.8, 4) is 5.88 Å². The minimum atomic E-state index is -0.244. The van der Waals surface area contributed by atoms with Crippen LogP contribution in [0.15, 0.2) is 53.3 Å². The number of amides is 1. The van der Waals surface area contributed by atoms with Gasteiger partial charge in [-0.05, 0) is 18.2 Å². The molecule has 1 saturated heterocycles. The predicted molar refractivity (Wildman–Crippen MR) is 96.2 cm³/mol. The Kier molecular flexibility index (Phi) is 4.12. The molecule has 1 fully saturated rings. The van der Waals surface area contributed by atoms with Crippen LogP contribution in [0.3, 0.4) is 0 Å². The lowest BCUT2D eigenvalue weighted by Crippen LogP contribution is -2.33. The van der Waals surface area contributed by atoms with Crippen LogP contribution in [0.4, 0.5) is 0 Å². The third-order valence-corrected chi connectivity index (χ3v) is 4.47. The lowest BCUT2D eigenvalue weighted by molar-refractivity contribution is 0.0763. The van der Waals surface area contributed by atoms with Crippen molar-refractivity contribution in [2.45, 2.75) is 12.5 Å². The summed E-state index contributed by atoms with van der Waals surface area (Å²) in [5.74, 6) is 0.362. The maximum Gasteiger partial charge on any atom is 0.274 e. The molecule has 0 saturated carbocycles. The molecule has 1 aliphatic rings. The Morgan fingerprint density at radius 3 is 2.85 bits per heavy atom. The molecule has 0 radical (unpaired) electrons. The van der Waals surface area contributed by atoms with E-state index in [0.717, 1.165) is 22.0 Å². The van der Waals surface area contributed by atoms with Gasteiger partial charge in [-0.15, -0.1) is 0 Å². The van der Waals surface area contributed by atoms with Gasteiger partial charge in [-0.25, -0.2) is 9.67 Å². The van der Waals surface area contributed by atoms with Crippen molar-refractivity contribution in [1.29, 1.82) is 0 Å². The summed E-state index contributed by atoms with van der Waals surface area (Å²) in [6.45, 7) is 1.06. The second-order valence-electron chi connectivity index (χ2n) is 6.30. The van der Waals surface area contributed by atoms with Crippen molar-refractivity contribution in [1.82, 2.24) is 19.7 Å². The van der Waals surface area contributed by atoms with Crippen LogP contribution in [0, 0.1) is 0 Å². The van der Waals surface area contributed by atoms with Crippen LogP contribution >= 0.6 is 0 Å². The summed E-state index contributed by atoms with van der Waals surface area (Å²) < 4.78 is 7.12. The van der Waals surface area contributed by atoms with Crippen molar-refractivity contribution in [2.24, 2.45) is 7.05 Å². The quantitative estimate of drug-likeness (QED) is 0.717. The molecule has 1 aromatic carbocycles. The van der Waals surface area contributed by atoms with E-state index in [2.05, 4.69) is 10.1 Å². The summed E-state index contributed by atoms with van der Waals surface area (Å²) in [4.78, 5) is 30.2. The Balaban J connectivity index is 1.44. The van der Waals surface area contributed by atoms with E-state index >= 15 is 0 Å². The Hall–Kier alpha value is -3.22. The van der Waals surface area contributed by atoms with E-state index in [0.29, 0.717) is 19.0 Å². The average molecular weight is 350 g/mol. The van der Waals surface area contributed by atoms with Crippen LogP contribution in [0.2, 0.25) is 0 Å². The number of carbonyl (C=O) groups excluding carboxylic acids is 1. The van der Waals surface area contributed by atoms with Crippen LogP contribution < -0.4 is 10.3 Å². The van der Waals surface area contributed by atoms with Crippen LogP contribution in [0.1, 0.15) is 16.9 Å². The third kappa shape index (κ3) is 3.15. The van der Waals surface area contributed by atoms with Gasteiger partial charge in [0.15, 0.2) is 0 Å². The minimum Gasteiger partial charge on any atom is -0.472 e. The second-order valence-corrected chi connectivity index (χ2v) is 6.30. The maximum atomic E-state index is 12.6. The highest BCUT2D eigenvalue weighted by atomic mass is 16.5. The number of hydrogen-bond donors (Lipinski definition) is 0. The summed E-state index contributed by atoms with van der Waals surface area (Å²) in [5.41, 5.74) is 0.897. The van der Waals surface area contributed by atoms with Crippen molar-refractivity contribution in [2.75, 3.05) is 13.1 Å². The minimum absolute atomic E-state index is 0.111. The monoisotopic (exact) mass is 350 g/mol. The van der Waals surface area contributed by atoms with E-state index < -0.39 is 0 Å². The smallest absolute Gasteiger partial charge is 0.274 e. The van der Waals surface area contributed by atoms with Crippen molar-refractivity contribution in [3.05, 3.63) is 64.6 Å². The van der Waals surface area contributed by atoms with Crippen molar-refractivity contribution >= 4 is 16.8 Å². The molecule has 7 nitrogen and oxygen atoms in total. The largest absolute Gasteiger partial charge is 0.472 e. The van der Waals surface area contributed by atoms with Crippen LogP contribution in [0.25, 0.3) is 10.9 Å². The fourth-order valence-electron chi connectivity index (χ4n) is 3.07. The number of nitrogens with zero attached hydrogens (tertiary/aromatic N) is 4. The van der Waals surface area contributed by atoms with Gasteiger partial charge < -0.3 is 9.64 Å². The fraction of sp³-hybridized carbons (Fsp3) is 0.263. The van der Waals surface area contributed by atoms with E-state index in [1.807, 2.05) is 36.4 Å². The zero-order chi connectivity index (χ0) is 18.1. The molecule has 26 heavy (non-hydrogen) atoms. The molecule has 0 N–H and O–H groups in total. The molecule has 0 aliphatic carbocycles. The lowest BCUT2D eigenvalue weighted by Gasteiger charge is -2.16. The molecule has 3 heterocycles. The number of hydrogen-bond acceptors (Lipinski definition) is 5. The van der Waals surface area contributed by atoms with E-state index in [-0.39, 0.29) is 23.3 Å². The highest BCUT2D eigenvalue weighted by molar-refractivity contribution is 5.92. The number of likely N-dealkylation sites (tertiary alicyclic amines) is 1. The molecule has 3 aromatic rings. The molecular weight excluding hydrogens is 332 g/mol. The number of para-hydroxylation sites is 1. The Morgan fingerprint density at radius 1 is 1.15 bits per heavy atom. The number of rotatable bonds is 3. The molecule has 0 spiro atoms. The van der Waals surface area contributed by atoms with E-state index in [4.69, 9.17) is 4.74 Å². The van der Waals surface area contributed by atoms with Gasteiger partial charge in [0, 0.05) is 37.5 Å². The lowest BCUT2D eigenvalue weighted by atomic mass is 10.2. The summed E-state index contributed by atoms with van der Waals surface area (Å²) >= 11 is 0. The first kappa shape index (κ1) is 16.3. The van der Waals surface area contributed by atoms with Gasteiger partial charge in [-0.1, -0.05) is 18.2 Å². The van der Waals surface area contributed by atoms with E-state index in [9.17, 15) is 9.59 Å². The molecular formula is C19H18N4O3. The molecule has 132 valence electrons. The first-order valence-electron chi connectivity index (χ1n) is 8.46. The number of pyridine rings is 1. The van der Waals surface area contributed by atoms with Crippen LogP contribution in [0.5, 0.6) is 5.88 Å². The zero-order valence-corrected chi connectivity index (χ0v) is 14.3. The zero-order valence-electron chi connectivity index (χ0n) is 14.3. The molecule has 1 aliphatic heterocycles. The normalized spacial score (nSPS) is 16.8. The first-order valence-corrected chi connectivity index (χ1v) is 8.46. The highest BCUT2D eigenvalue weighted by Crippen LogP contribution is 2.21. The number of ether oxygens (including phenoxy) is 1. The topological polar surface area (TPSA) is 77.3 Å². The van der Waals surface area contributed by atoms with Gasteiger partial charge in [0.2, 0.25) is 5.88 Å². The second kappa shape index (κ2) is 6.59. The SMILES string of the molecule is Cn1nc(C(=O)N2CCC(Oc3ccc4ccccc4n3)C2)ccc1=O. The summed E-state index contributed by atoms with van der Waals surface area (Å²) in [6, 6.07) is 14.5. The van der Waals surface area contributed by atoms with Gasteiger partial charge in [0.05, 0.1) is 12.1 Å². The standard InChI is InChI=1S/C19H18N4O3/c1-22-18(24)9-7-16(21-22)19(25)23-11-10-14(12-23)26-17-8-6-13-4-2-3-5-15(13)20-17/h2-9,14H,10-12H2,1H3. The van der Waals surface area contributed by atoms with E-state index in [1.165, 1.54) is 19.2 Å². The van der Waals surface area contributed by atoms with Gasteiger partial charge in [0.25, 0.3) is 11.5 Å². The number of carbonyl (C=O) groups is 1. The Labute approximate surface area is 149 Å². The first-order chi connectivity index (χ1) is 12.6. The molecule has 2 aromatic heterocycles. The number of fused-ring (bicyclic) bond motifs is 1. The van der Waals surface area contributed by atoms with Crippen molar-refractivity contribution in [3.63, 3.8) is 0 Å². The molecule has 1 atom stereocenters. The fourth-order valence-corrected chi connectivity index (χ4v) is 3.07. The Morgan fingerprint density at radius 2 is 2.00 bits per heavy atom. The van der Waals surface area contributed by atoms with Crippen LogP contribution in [-0.2, 0) is 7.05 Å². The summed E-state index contributed by atoms with van der Waals surface area (Å²) in [7, 11) is 1.53. The molecule has 4 rings (SSSR count). The third-order valence-electron chi connectivity index (χ3n) is 4.47. The van der Waals surface area contributed by atoms with Gasteiger partial charge in [0.1, 0.15) is 11.8 Å². The predicted octanol–water partition coefficient (Wildman–Crippen LogP) is 1.62. The maximum absolute atomic E-state index is 12.6. The van der Waals surface area contributed by atoms with Gasteiger partial charge >= 0.3 is 0 Å². The Bertz CT molecular complexity index is 1030. The summed E-state index contributed by atoms with van der Waals surface area (Å²) in [5, 5.41) is 5.08. The summed E-state index contributed by atoms with van der Waals surface area (Å²) in [6.07, 6.45) is 0.617.